The number of aromatic nitrogens is 7. The van der Waals surface area contributed by atoms with Crippen LogP contribution >= 0.6 is 0 Å². The maximum Gasteiger partial charge on any atom is 0.168 e. The normalized spacial score (nSPS) is 11.1. The summed E-state index contributed by atoms with van der Waals surface area (Å²) in [6, 6.07) is 82.5. The molecule has 16 nitrogen and oxygen atoms in total. The largest absolute Gasteiger partial charge is 0.306 e. The average molecular weight is 1200 g/mol. The predicted molar refractivity (Wildman–Crippen MR) is 356 cm³/mol. The monoisotopic (exact) mass is 1190 g/mol. The van der Waals surface area contributed by atoms with Gasteiger partial charge in [0.1, 0.15) is 11.6 Å². The van der Waals surface area contributed by atoms with Gasteiger partial charge in [-0.3, -0.25) is 0 Å². The molecular formula is C78H34N16. The Morgan fingerprint density at radius 1 is 0.223 bits per heavy atom. The van der Waals surface area contributed by atoms with Gasteiger partial charge < -0.3 is 18.3 Å². The second-order valence-corrected chi connectivity index (χ2v) is 22.4. The molecule has 0 aliphatic rings. The predicted octanol–water partition coefficient (Wildman–Crippen LogP) is 16.1. The van der Waals surface area contributed by atoms with Gasteiger partial charge in [-0.05, 0) is 146 Å². The number of nitrogens with zero attached hydrogens (tertiary/aromatic N) is 16. The van der Waals surface area contributed by atoms with E-state index < -0.39 is 0 Å². The highest BCUT2D eigenvalue weighted by atomic mass is 15.1. The van der Waals surface area contributed by atoms with Gasteiger partial charge in [0.2, 0.25) is 0 Å². The molecule has 0 saturated carbocycles. The Kier molecular flexibility index (Phi) is 12.2. The molecule has 0 spiro atoms. The number of rotatable bonds is 7. The third-order valence-corrected chi connectivity index (χ3v) is 17.4. The molecule has 0 bridgehead atoms. The molecule has 5 heterocycles. The Labute approximate surface area is 532 Å². The van der Waals surface area contributed by atoms with Crippen molar-refractivity contribution in [2.75, 3.05) is 0 Å². The minimum atomic E-state index is 0.0315. The van der Waals surface area contributed by atoms with Gasteiger partial charge in [-0.15, -0.1) is 0 Å². The van der Waals surface area contributed by atoms with Crippen LogP contribution in [-0.2, 0) is 0 Å². The van der Waals surface area contributed by atoms with Gasteiger partial charge in [-0.1, -0.05) is 60.7 Å². The first kappa shape index (κ1) is 54.4. The van der Waals surface area contributed by atoms with Crippen molar-refractivity contribution in [2.45, 2.75) is 0 Å². The lowest BCUT2D eigenvalue weighted by molar-refractivity contribution is 1.01. The summed E-state index contributed by atoms with van der Waals surface area (Å²) >= 11 is 0. The summed E-state index contributed by atoms with van der Waals surface area (Å²) < 4.78 is 7.93. The van der Waals surface area contributed by atoms with Crippen LogP contribution in [0.15, 0.2) is 206 Å². The second-order valence-electron chi connectivity index (χ2n) is 22.4. The van der Waals surface area contributed by atoms with Crippen molar-refractivity contribution in [1.29, 1.82) is 47.4 Å². The maximum atomic E-state index is 13.2. The summed E-state index contributed by atoms with van der Waals surface area (Å²) in [6.45, 7) is 0. The number of hydrogen-bond acceptors (Lipinski definition) is 12. The zero-order valence-corrected chi connectivity index (χ0v) is 48.8. The zero-order chi connectivity index (χ0) is 64.0. The van der Waals surface area contributed by atoms with Crippen molar-refractivity contribution in [3.05, 3.63) is 256 Å². The molecule has 0 radical (unpaired) electrons. The Balaban J connectivity index is 1.29. The van der Waals surface area contributed by atoms with Crippen molar-refractivity contribution in [2.24, 2.45) is 0 Å². The number of benzene rings is 11. The molecule has 0 fully saturated rings. The van der Waals surface area contributed by atoms with Crippen LogP contribution in [-0.4, -0.2) is 33.2 Å². The van der Waals surface area contributed by atoms with E-state index in [9.17, 15) is 47.4 Å². The molecule has 11 aromatic carbocycles. The minimum Gasteiger partial charge on any atom is -0.306 e. The van der Waals surface area contributed by atoms with Gasteiger partial charge in [0.05, 0.1) is 166 Å². The van der Waals surface area contributed by atoms with Crippen molar-refractivity contribution >= 4 is 87.2 Å². The second kappa shape index (κ2) is 21.1. The average Bonchev–Trinajstić information content (AvgIpc) is 1.45. The standard InChI is InChI=1S/C78H34N16/c79-35-44-11-19-63-54(27-44)55-28-45(36-80)12-20-64(55)91(63)72-62(43-87)73(92-65-21-13-46(37-81)29-56(65)57-30-47(38-82)14-22-66(57)92)75(94-69-25-17-50(41-85)33-60(69)61-34-51(42-86)18-26-70(61)94)71(78-89-76(52-7-3-1-4-8-52)88-77(90-78)53-9-5-2-6-10-53)74(72)93-67-23-15-48(39-83)31-58(67)59-32-49(40-84)16-24-68(59)93/h1-34H. The van der Waals surface area contributed by atoms with Gasteiger partial charge in [0, 0.05) is 54.2 Å². The van der Waals surface area contributed by atoms with E-state index in [1.807, 2.05) is 127 Å². The summed E-state index contributed by atoms with van der Waals surface area (Å²) in [5, 5.41) is 103. The Morgan fingerprint density at radius 3 is 0.649 bits per heavy atom. The van der Waals surface area contributed by atoms with Crippen LogP contribution in [0.25, 0.3) is 144 Å². The maximum absolute atomic E-state index is 13.2. The third kappa shape index (κ3) is 8.06. The third-order valence-electron chi connectivity index (χ3n) is 17.4. The first-order valence-corrected chi connectivity index (χ1v) is 29.3. The van der Waals surface area contributed by atoms with E-state index in [0.29, 0.717) is 143 Å². The molecule has 94 heavy (non-hydrogen) atoms. The molecule has 0 unspecified atom stereocenters. The molecule has 16 heteroatoms. The quantitative estimate of drug-likeness (QED) is 0.144. The Morgan fingerprint density at radius 2 is 0.436 bits per heavy atom. The fourth-order valence-electron chi connectivity index (χ4n) is 13.4. The molecule has 0 aliphatic heterocycles. The lowest BCUT2D eigenvalue weighted by Crippen LogP contribution is -2.17. The number of nitriles is 9. The van der Waals surface area contributed by atoms with Gasteiger partial charge in [0.15, 0.2) is 17.5 Å². The van der Waals surface area contributed by atoms with Crippen LogP contribution in [0.1, 0.15) is 50.1 Å². The van der Waals surface area contributed by atoms with E-state index in [-0.39, 0.29) is 51.3 Å². The van der Waals surface area contributed by atoms with Crippen LogP contribution in [0.3, 0.4) is 0 Å². The molecule has 5 aromatic heterocycles. The lowest BCUT2D eigenvalue weighted by Gasteiger charge is -2.29. The smallest absolute Gasteiger partial charge is 0.168 e. The van der Waals surface area contributed by atoms with Crippen LogP contribution < -0.4 is 0 Å². The van der Waals surface area contributed by atoms with E-state index in [1.54, 1.807) is 97.1 Å². The molecule has 16 rings (SSSR count). The molecular weight excluding hydrogens is 1160 g/mol. The van der Waals surface area contributed by atoms with Gasteiger partial charge in [-0.25, -0.2) is 15.0 Å². The van der Waals surface area contributed by atoms with Crippen LogP contribution in [0.5, 0.6) is 0 Å². The van der Waals surface area contributed by atoms with E-state index in [0.717, 1.165) is 0 Å². The van der Waals surface area contributed by atoms with Crippen LogP contribution in [0.4, 0.5) is 0 Å². The first-order valence-electron chi connectivity index (χ1n) is 29.3. The molecule has 0 saturated heterocycles. The highest BCUT2D eigenvalue weighted by Gasteiger charge is 2.37. The van der Waals surface area contributed by atoms with Crippen molar-refractivity contribution in [3.8, 4) is 112 Å². The van der Waals surface area contributed by atoms with Crippen molar-refractivity contribution < 1.29 is 0 Å². The van der Waals surface area contributed by atoms with Crippen LogP contribution in [0, 0.1) is 102 Å². The molecule has 0 atom stereocenters. The summed E-state index contributed by atoms with van der Waals surface area (Å²) in [7, 11) is 0. The zero-order valence-electron chi connectivity index (χ0n) is 48.8. The Bertz CT molecular complexity index is 5860. The fraction of sp³-hybridized carbons (Fsp3) is 0. The van der Waals surface area contributed by atoms with Crippen molar-refractivity contribution in [1.82, 2.24) is 33.2 Å². The van der Waals surface area contributed by atoms with Gasteiger partial charge in [0.25, 0.3) is 0 Å². The highest BCUT2D eigenvalue weighted by molar-refractivity contribution is 6.18. The summed E-state index contributed by atoms with van der Waals surface area (Å²) in [5.41, 5.74) is 9.39. The SMILES string of the molecule is N#Cc1ccc2c(c1)c1cc(C#N)ccc1n2-c1c(C#N)c(-n2c3ccc(C#N)cc3c3cc(C#N)ccc32)c(-n2c3ccc(C#N)cc3c3cc(C#N)ccc32)c(-c2nc(-c3ccccc3)nc(-c3ccccc3)n2)c1-n1c2ccc(C#N)cc2c2cc(C#N)ccc21. The molecule has 0 amide bonds. The van der Waals surface area contributed by atoms with E-state index in [4.69, 9.17) is 15.0 Å². The summed E-state index contributed by atoms with van der Waals surface area (Å²) in [6.07, 6.45) is 0. The Hall–Kier alpha value is -15.0. The minimum absolute atomic E-state index is 0.0315. The summed E-state index contributed by atoms with van der Waals surface area (Å²) in [4.78, 5) is 16.5. The fourth-order valence-corrected chi connectivity index (χ4v) is 13.4. The lowest BCUT2D eigenvalue weighted by atomic mass is 9.97. The molecule has 16 aromatic rings. The molecule has 426 valence electrons. The molecule has 0 aliphatic carbocycles. The topological polar surface area (TPSA) is 272 Å². The highest BCUT2D eigenvalue weighted by Crippen LogP contribution is 2.52. The van der Waals surface area contributed by atoms with E-state index >= 15 is 0 Å². The number of fused-ring (bicyclic) bond motifs is 12. The van der Waals surface area contributed by atoms with E-state index in [1.165, 1.54) is 0 Å². The first-order chi connectivity index (χ1) is 46.2. The van der Waals surface area contributed by atoms with Gasteiger partial charge >= 0.3 is 0 Å². The summed E-state index contributed by atoms with van der Waals surface area (Å²) in [5.74, 6) is 0.614. The van der Waals surface area contributed by atoms with E-state index in [2.05, 4.69) is 54.6 Å². The van der Waals surface area contributed by atoms with Gasteiger partial charge in [-0.2, -0.15) is 47.4 Å². The molecule has 0 N–H and O–H groups in total. The van der Waals surface area contributed by atoms with Crippen LogP contribution in [0.2, 0.25) is 0 Å². The van der Waals surface area contributed by atoms with Crippen molar-refractivity contribution in [3.63, 3.8) is 0 Å². The number of hydrogen-bond donors (Lipinski definition) is 0.